The zero-order valence-corrected chi connectivity index (χ0v) is 14.1. The van der Waals surface area contributed by atoms with Crippen molar-refractivity contribution in [3.05, 3.63) is 46.3 Å². The zero-order chi connectivity index (χ0) is 16.4. The Morgan fingerprint density at radius 3 is 3.00 bits per heavy atom. The molecule has 2 amide bonds. The summed E-state index contributed by atoms with van der Waals surface area (Å²) in [4.78, 5) is 14.4. The normalized spacial score (nSPS) is 17.5. The molecule has 0 radical (unpaired) electrons. The first-order valence-electron chi connectivity index (χ1n) is 7.87. The lowest BCUT2D eigenvalue weighted by atomic mass is 10.1. The van der Waals surface area contributed by atoms with E-state index < -0.39 is 0 Å². The van der Waals surface area contributed by atoms with Gasteiger partial charge in [-0.2, -0.15) is 0 Å². The summed E-state index contributed by atoms with van der Waals surface area (Å²) in [6.45, 7) is 4.67. The predicted octanol–water partition coefficient (Wildman–Crippen LogP) is 4.57. The molecule has 0 bridgehead atoms. The van der Waals surface area contributed by atoms with Gasteiger partial charge in [0.05, 0.1) is 11.7 Å². The maximum atomic E-state index is 12.6. The number of nitrogens with one attached hydrogen (secondary N) is 1. The number of rotatable bonds is 3. The fourth-order valence-corrected chi connectivity index (χ4v) is 3.00. The molecule has 1 aliphatic heterocycles. The monoisotopic (exact) mass is 333 g/mol. The highest BCUT2D eigenvalue weighted by molar-refractivity contribution is 6.31. The Morgan fingerprint density at radius 2 is 2.30 bits per heavy atom. The van der Waals surface area contributed by atoms with Crippen LogP contribution in [0.3, 0.4) is 0 Å². The Balaban J connectivity index is 1.73. The van der Waals surface area contributed by atoms with Gasteiger partial charge in [-0.25, -0.2) is 4.79 Å². The average Bonchev–Trinajstić information content (AvgIpc) is 3.18. The Labute approximate surface area is 140 Å². The molecule has 1 atom stereocenters. The predicted molar refractivity (Wildman–Crippen MR) is 89.8 cm³/mol. The largest absolute Gasteiger partial charge is 0.359 e. The number of benzene rings is 1. The molecule has 0 unspecified atom stereocenters. The Morgan fingerprint density at radius 1 is 1.48 bits per heavy atom. The van der Waals surface area contributed by atoms with Gasteiger partial charge in [0.2, 0.25) is 0 Å². The van der Waals surface area contributed by atoms with Crippen LogP contribution < -0.4 is 5.32 Å². The van der Waals surface area contributed by atoms with Gasteiger partial charge in [0.25, 0.3) is 0 Å². The summed E-state index contributed by atoms with van der Waals surface area (Å²) in [7, 11) is 0. The summed E-state index contributed by atoms with van der Waals surface area (Å²) in [5.74, 6) is 0.761. The average molecular weight is 334 g/mol. The number of amides is 2. The Hall–Kier alpha value is -2.01. The molecule has 1 aromatic heterocycles. The summed E-state index contributed by atoms with van der Waals surface area (Å²) in [6.07, 6.45) is 2.67. The zero-order valence-electron chi connectivity index (χ0n) is 13.3. The van der Waals surface area contributed by atoms with Crippen LogP contribution in [0.4, 0.5) is 10.5 Å². The fourth-order valence-electron chi connectivity index (χ4n) is 2.82. The van der Waals surface area contributed by atoms with E-state index >= 15 is 0 Å². The van der Waals surface area contributed by atoms with E-state index in [4.69, 9.17) is 16.1 Å². The molecule has 0 saturated carbocycles. The number of hydrogen-bond acceptors (Lipinski definition) is 3. The lowest BCUT2D eigenvalue weighted by molar-refractivity contribution is 0.195. The quantitative estimate of drug-likeness (QED) is 0.895. The van der Waals surface area contributed by atoms with Crippen molar-refractivity contribution in [1.29, 1.82) is 0 Å². The molecule has 3 rings (SSSR count). The highest BCUT2D eigenvalue weighted by Gasteiger charge is 2.32. The third kappa shape index (κ3) is 3.34. The molecule has 0 spiro atoms. The number of carbonyl (C=O) groups is 1. The van der Waals surface area contributed by atoms with E-state index in [9.17, 15) is 4.79 Å². The molecular formula is C17H20ClN3O2. The van der Waals surface area contributed by atoms with Gasteiger partial charge in [0, 0.05) is 23.3 Å². The van der Waals surface area contributed by atoms with E-state index in [1.165, 1.54) is 0 Å². The third-order valence-corrected chi connectivity index (χ3v) is 4.61. The topological polar surface area (TPSA) is 58.4 Å². The maximum absolute atomic E-state index is 12.6. The molecule has 1 aromatic carbocycles. The van der Waals surface area contributed by atoms with E-state index in [0.29, 0.717) is 17.3 Å². The lowest BCUT2D eigenvalue weighted by Gasteiger charge is -2.23. The molecule has 1 fully saturated rings. The van der Waals surface area contributed by atoms with Gasteiger partial charge >= 0.3 is 6.03 Å². The lowest BCUT2D eigenvalue weighted by Crippen LogP contribution is -2.34. The number of halogens is 1. The maximum Gasteiger partial charge on any atom is 0.322 e. The second-order valence-corrected chi connectivity index (χ2v) is 6.23. The minimum absolute atomic E-state index is 0.0521. The first-order chi connectivity index (χ1) is 11.1. The van der Waals surface area contributed by atoms with Gasteiger partial charge in [0.1, 0.15) is 0 Å². The van der Waals surface area contributed by atoms with Crippen molar-refractivity contribution < 1.29 is 9.32 Å². The van der Waals surface area contributed by atoms with Gasteiger partial charge in [0.15, 0.2) is 5.76 Å². The van der Waals surface area contributed by atoms with Crippen LogP contribution in [-0.4, -0.2) is 22.6 Å². The SMILES string of the molecule is CCc1cc([C@@H]2CCCN2C(=O)Nc2ccc(C)c(Cl)c2)on1. The molecule has 1 aliphatic rings. The number of anilines is 1. The molecule has 0 aliphatic carbocycles. The first kappa shape index (κ1) is 15.9. The van der Waals surface area contributed by atoms with Crippen LogP contribution in [0.5, 0.6) is 0 Å². The number of nitrogens with zero attached hydrogens (tertiary/aromatic N) is 2. The number of carbonyl (C=O) groups excluding carboxylic acids is 1. The van der Waals surface area contributed by atoms with Gasteiger partial charge < -0.3 is 14.7 Å². The second kappa shape index (κ2) is 6.62. The van der Waals surface area contributed by atoms with Crippen molar-refractivity contribution in [2.75, 3.05) is 11.9 Å². The molecule has 23 heavy (non-hydrogen) atoms. The fraction of sp³-hybridized carbons (Fsp3) is 0.412. The molecule has 122 valence electrons. The van der Waals surface area contributed by atoms with Crippen LogP contribution in [0.2, 0.25) is 5.02 Å². The molecule has 1 saturated heterocycles. The van der Waals surface area contributed by atoms with Gasteiger partial charge in [-0.05, 0) is 43.9 Å². The van der Waals surface area contributed by atoms with Crippen molar-refractivity contribution in [2.24, 2.45) is 0 Å². The minimum Gasteiger partial charge on any atom is -0.359 e. The minimum atomic E-state index is -0.137. The van der Waals surface area contributed by atoms with Crippen LogP contribution in [0, 0.1) is 6.92 Å². The van der Waals surface area contributed by atoms with Gasteiger partial charge in [-0.3, -0.25) is 0 Å². The molecule has 2 aromatic rings. The van der Waals surface area contributed by atoms with Crippen molar-refractivity contribution in [2.45, 2.75) is 39.2 Å². The van der Waals surface area contributed by atoms with Gasteiger partial charge in [-0.1, -0.05) is 29.7 Å². The van der Waals surface area contributed by atoms with Crippen molar-refractivity contribution >= 4 is 23.3 Å². The van der Waals surface area contributed by atoms with Crippen LogP contribution in [0.1, 0.15) is 42.8 Å². The van der Waals surface area contributed by atoms with Crippen molar-refractivity contribution in [3.8, 4) is 0 Å². The summed E-state index contributed by atoms with van der Waals surface area (Å²) in [5.41, 5.74) is 2.60. The number of aryl methyl sites for hydroxylation is 2. The highest BCUT2D eigenvalue weighted by Crippen LogP contribution is 2.33. The van der Waals surface area contributed by atoms with E-state index in [2.05, 4.69) is 10.5 Å². The Kier molecular flexibility index (Phi) is 4.57. The Bertz CT molecular complexity index is 714. The van der Waals surface area contributed by atoms with E-state index in [0.717, 1.165) is 36.3 Å². The summed E-state index contributed by atoms with van der Waals surface area (Å²) < 4.78 is 5.41. The van der Waals surface area contributed by atoms with E-state index in [1.807, 2.05) is 32.0 Å². The van der Waals surface area contributed by atoms with E-state index in [1.54, 1.807) is 11.0 Å². The first-order valence-corrected chi connectivity index (χ1v) is 8.25. The number of urea groups is 1. The number of aromatic nitrogens is 1. The molecular weight excluding hydrogens is 314 g/mol. The second-order valence-electron chi connectivity index (χ2n) is 5.82. The van der Waals surface area contributed by atoms with Crippen LogP contribution in [0.25, 0.3) is 0 Å². The van der Waals surface area contributed by atoms with E-state index in [-0.39, 0.29) is 12.1 Å². The smallest absolute Gasteiger partial charge is 0.322 e. The van der Waals surface area contributed by atoms with Crippen LogP contribution >= 0.6 is 11.6 Å². The third-order valence-electron chi connectivity index (χ3n) is 4.20. The summed E-state index contributed by atoms with van der Waals surface area (Å²) in [6, 6.07) is 7.27. The highest BCUT2D eigenvalue weighted by atomic mass is 35.5. The summed E-state index contributed by atoms with van der Waals surface area (Å²) in [5, 5.41) is 7.58. The van der Waals surface area contributed by atoms with Crippen LogP contribution in [0.15, 0.2) is 28.8 Å². The van der Waals surface area contributed by atoms with Crippen molar-refractivity contribution in [3.63, 3.8) is 0 Å². The van der Waals surface area contributed by atoms with Crippen LogP contribution in [-0.2, 0) is 6.42 Å². The number of likely N-dealkylation sites (tertiary alicyclic amines) is 1. The molecule has 6 heteroatoms. The van der Waals surface area contributed by atoms with Crippen molar-refractivity contribution in [1.82, 2.24) is 10.1 Å². The molecule has 5 nitrogen and oxygen atoms in total. The summed E-state index contributed by atoms with van der Waals surface area (Å²) >= 11 is 6.11. The van der Waals surface area contributed by atoms with Gasteiger partial charge in [-0.15, -0.1) is 0 Å². The standard InChI is InChI=1S/C17H20ClN3O2/c1-3-12-10-16(23-20-12)15-5-4-8-21(15)17(22)19-13-7-6-11(2)14(18)9-13/h6-7,9-10,15H,3-5,8H2,1-2H3,(H,19,22)/t15-/m0/s1. The molecule has 2 heterocycles. The molecule has 1 N–H and O–H groups in total. The number of hydrogen-bond donors (Lipinski definition) is 1.